The van der Waals surface area contributed by atoms with Gasteiger partial charge in [-0.2, -0.15) is 0 Å². The van der Waals surface area contributed by atoms with Crippen LogP contribution in [0.3, 0.4) is 0 Å². The van der Waals surface area contributed by atoms with Gasteiger partial charge in [-0.3, -0.25) is 29.4 Å². The number of hydrogen-bond acceptors (Lipinski definition) is 12. The quantitative estimate of drug-likeness (QED) is 0.279. The highest BCUT2D eigenvalue weighted by Gasteiger charge is 2.47. The number of amides is 4. The number of allylic oxidation sites excluding steroid dienone is 1. The van der Waals surface area contributed by atoms with Crippen LogP contribution in [0, 0.1) is 17.3 Å². The highest BCUT2D eigenvalue weighted by molar-refractivity contribution is 6.23. The molecule has 14 heteroatoms. The van der Waals surface area contributed by atoms with E-state index in [2.05, 4.69) is 51.3 Å². The van der Waals surface area contributed by atoms with Crippen LogP contribution in [0.4, 0.5) is 0 Å². The molecular formula is C42H57N9O5. The van der Waals surface area contributed by atoms with Crippen molar-refractivity contribution in [3.8, 4) is 5.75 Å². The third kappa shape index (κ3) is 8.57. The maximum atomic E-state index is 12.2. The molecule has 7 aliphatic rings. The van der Waals surface area contributed by atoms with Crippen molar-refractivity contribution in [3.63, 3.8) is 0 Å². The Morgan fingerprint density at radius 1 is 0.893 bits per heavy atom. The second-order valence-electron chi connectivity index (χ2n) is 17.0. The molecule has 4 saturated heterocycles. The van der Waals surface area contributed by atoms with Crippen molar-refractivity contribution in [1.82, 2.24) is 35.1 Å². The minimum atomic E-state index is -0.898. The molecule has 4 unspecified atom stereocenters. The zero-order valence-corrected chi connectivity index (χ0v) is 32.9. The van der Waals surface area contributed by atoms with Gasteiger partial charge in [-0.15, -0.1) is 0 Å². The molecule has 1 aliphatic carbocycles. The molecule has 0 spiro atoms. The molecule has 2 aromatic rings. The van der Waals surface area contributed by atoms with Gasteiger partial charge in [-0.25, -0.2) is 0 Å². The summed E-state index contributed by atoms with van der Waals surface area (Å²) in [7, 11) is 4.38. The Bertz CT molecular complexity index is 1860. The molecule has 4 amide bonds. The molecule has 6 heterocycles. The molecule has 6 aliphatic heterocycles. The number of nitrogens with one attached hydrogen (secondary N) is 2. The number of fused-ring (bicyclic) bond motifs is 3. The summed E-state index contributed by atoms with van der Waals surface area (Å²) < 4.78 is 0. The first kappa shape index (κ1) is 39.3. The van der Waals surface area contributed by atoms with E-state index in [0.717, 1.165) is 48.6 Å². The predicted octanol–water partition coefficient (Wildman–Crippen LogP) is 1.80. The average Bonchev–Trinajstić information content (AvgIpc) is 3.71. The van der Waals surface area contributed by atoms with E-state index < -0.39 is 23.8 Å². The van der Waals surface area contributed by atoms with Crippen LogP contribution in [0.15, 0.2) is 66.1 Å². The Kier molecular flexibility index (Phi) is 11.4. The second-order valence-corrected chi connectivity index (χ2v) is 17.0. The van der Waals surface area contributed by atoms with Gasteiger partial charge in [0.15, 0.2) is 0 Å². The van der Waals surface area contributed by atoms with Crippen molar-refractivity contribution >= 4 is 29.3 Å². The number of imide groups is 2. The maximum absolute atomic E-state index is 12.2. The van der Waals surface area contributed by atoms with Crippen molar-refractivity contribution < 1.29 is 24.3 Å². The molecule has 7 N–H and O–H groups in total. The number of para-hydroxylation sites is 1. The van der Waals surface area contributed by atoms with Gasteiger partial charge in [0.05, 0.1) is 22.9 Å². The van der Waals surface area contributed by atoms with Crippen LogP contribution < -0.4 is 22.1 Å². The predicted molar refractivity (Wildman–Crippen MR) is 213 cm³/mol. The van der Waals surface area contributed by atoms with Crippen molar-refractivity contribution in [1.29, 1.82) is 0 Å². The van der Waals surface area contributed by atoms with Gasteiger partial charge in [0.2, 0.25) is 11.8 Å². The molecule has 1 saturated carbocycles. The largest absolute Gasteiger partial charge is 0.507 e. The zero-order chi connectivity index (χ0) is 39.7. The van der Waals surface area contributed by atoms with Gasteiger partial charge in [0.1, 0.15) is 17.6 Å². The highest BCUT2D eigenvalue weighted by atomic mass is 16.3. The molecule has 56 heavy (non-hydrogen) atoms. The van der Waals surface area contributed by atoms with Crippen LogP contribution in [0.2, 0.25) is 0 Å². The van der Waals surface area contributed by atoms with Gasteiger partial charge in [-0.05, 0) is 100 Å². The maximum Gasteiger partial charge on any atom is 0.262 e. The van der Waals surface area contributed by atoms with Crippen LogP contribution in [-0.4, -0.2) is 138 Å². The molecule has 0 aromatic heterocycles. The Labute approximate surface area is 329 Å². The van der Waals surface area contributed by atoms with Gasteiger partial charge in [0.25, 0.3) is 11.8 Å². The lowest BCUT2D eigenvalue weighted by Gasteiger charge is -2.45. The third-order valence-corrected chi connectivity index (χ3v) is 12.5. The van der Waals surface area contributed by atoms with Crippen molar-refractivity contribution in [2.75, 3.05) is 73.0 Å². The first-order valence-corrected chi connectivity index (χ1v) is 20.0. The van der Waals surface area contributed by atoms with E-state index in [9.17, 15) is 24.3 Å². The number of benzene rings is 2. The van der Waals surface area contributed by atoms with E-state index in [1.807, 2.05) is 12.1 Å². The number of likely N-dealkylation sites (tertiary alicyclic amines) is 2. The lowest BCUT2D eigenvalue weighted by Crippen LogP contribution is -2.58. The number of likely N-dealkylation sites (N-methyl/N-ethyl adjacent to an activating group) is 1. The van der Waals surface area contributed by atoms with Crippen LogP contribution in [0.1, 0.15) is 65.3 Å². The second kappa shape index (κ2) is 16.3. The first-order valence-electron chi connectivity index (χ1n) is 20.0. The van der Waals surface area contributed by atoms with Crippen molar-refractivity contribution in [3.05, 3.63) is 82.8 Å². The number of piperazine rings is 1. The molecule has 5 fully saturated rings. The number of nitrogens with zero attached hydrogens (tertiary/aromatic N) is 5. The van der Waals surface area contributed by atoms with E-state index in [-0.39, 0.29) is 24.5 Å². The molecule has 4 atom stereocenters. The monoisotopic (exact) mass is 767 g/mol. The Hall–Kier alpha value is -4.92. The normalized spacial score (nSPS) is 27.6. The standard InChI is InChI=1S/C16H23N5O.C13H10N2O4.C13H24N2/c1-20-6-7-21-11(10-20)9-19-16(18)14(21)8-13(17)12-4-2-3-5-15(12)22;16-10-6-5-9(11(17)14-10)15-12(18)7-3-1-2-4-8(7)13(15)19;1-13(3-5-14(2)6-4-13)10-15-8-11-7-12(11)9-15/h2-5,8,11,19,22H,6-7,9-10,17-18H2,1H3;1-4,9H,5-6H2,(H,14,16,17);11-12H,3-10H2,1-2H3/b13-8-;;. The molecule has 300 valence electrons. The summed E-state index contributed by atoms with van der Waals surface area (Å²) >= 11 is 0. The summed E-state index contributed by atoms with van der Waals surface area (Å²) in [6, 6.07) is 13.0. The van der Waals surface area contributed by atoms with E-state index >= 15 is 0 Å². The first-order chi connectivity index (χ1) is 26.8. The number of rotatable bonds is 5. The fourth-order valence-electron chi connectivity index (χ4n) is 8.98. The lowest BCUT2D eigenvalue weighted by atomic mass is 9.80. The average molecular weight is 768 g/mol. The summed E-state index contributed by atoms with van der Waals surface area (Å²) in [6.07, 6.45) is 6.50. The minimum Gasteiger partial charge on any atom is -0.507 e. The molecule has 14 nitrogen and oxygen atoms in total. The number of phenolic OH excluding ortho intramolecular Hbond substituents is 1. The SMILES string of the molecule is CN1CCC(C)(CN2CC3CC3C2)CC1.CN1CCN2C(/C=C(\N)c3ccccc3O)=C(N)NCC2C1.O=C1CCC(N2C(=O)c3ccccc3C2=O)C(=O)N1. The van der Waals surface area contributed by atoms with Crippen molar-refractivity contribution in [2.45, 2.75) is 51.1 Å². The zero-order valence-electron chi connectivity index (χ0n) is 32.9. The van der Waals surface area contributed by atoms with E-state index in [1.54, 1.807) is 42.5 Å². The summed E-state index contributed by atoms with van der Waals surface area (Å²) in [4.78, 5) is 58.0. The van der Waals surface area contributed by atoms with E-state index in [4.69, 9.17) is 11.5 Å². The summed E-state index contributed by atoms with van der Waals surface area (Å²) in [5.41, 5.74) is 15.6. The molecule has 9 rings (SSSR count). The number of piperidine rings is 3. The number of carbonyl (C=O) groups excluding carboxylic acids is 4. The number of aromatic hydroxyl groups is 1. The molecular weight excluding hydrogens is 711 g/mol. The summed E-state index contributed by atoms with van der Waals surface area (Å²) in [5, 5.41) is 15.3. The van der Waals surface area contributed by atoms with Crippen LogP contribution in [0.5, 0.6) is 5.75 Å². The van der Waals surface area contributed by atoms with E-state index in [1.165, 1.54) is 52.0 Å². The highest BCUT2D eigenvalue weighted by Crippen LogP contribution is 2.46. The van der Waals surface area contributed by atoms with E-state index in [0.29, 0.717) is 39.7 Å². The lowest BCUT2D eigenvalue weighted by molar-refractivity contribution is -0.136. The molecule has 0 bridgehead atoms. The van der Waals surface area contributed by atoms with Crippen LogP contribution in [-0.2, 0) is 9.59 Å². The topological polar surface area (TPSA) is 181 Å². The smallest absolute Gasteiger partial charge is 0.262 e. The van der Waals surface area contributed by atoms with Gasteiger partial charge in [0, 0.05) is 63.5 Å². The van der Waals surface area contributed by atoms with Gasteiger partial charge < -0.3 is 41.5 Å². The molecule has 2 aromatic carbocycles. The van der Waals surface area contributed by atoms with Gasteiger partial charge >= 0.3 is 0 Å². The summed E-state index contributed by atoms with van der Waals surface area (Å²) in [6.45, 7) is 13.1. The van der Waals surface area contributed by atoms with Crippen molar-refractivity contribution in [2.24, 2.45) is 28.7 Å². The molecule has 0 radical (unpaired) electrons. The summed E-state index contributed by atoms with van der Waals surface area (Å²) in [5.74, 6) is 1.09. The number of nitrogens with two attached hydrogens (primary N) is 2. The number of phenols is 1. The van der Waals surface area contributed by atoms with Crippen LogP contribution in [0.25, 0.3) is 5.70 Å². The Balaban J connectivity index is 0.000000131. The fourth-order valence-corrected chi connectivity index (χ4v) is 8.98. The number of carbonyl (C=O) groups is 4. The Morgan fingerprint density at radius 3 is 2.18 bits per heavy atom. The Morgan fingerprint density at radius 2 is 1.54 bits per heavy atom. The third-order valence-electron chi connectivity index (χ3n) is 12.5. The van der Waals surface area contributed by atoms with Crippen LogP contribution >= 0.6 is 0 Å². The number of hydrogen-bond donors (Lipinski definition) is 5. The fraction of sp³-hybridized carbons (Fsp3) is 0.524. The minimum absolute atomic E-state index is 0.129. The van der Waals surface area contributed by atoms with Gasteiger partial charge in [-0.1, -0.05) is 31.2 Å².